The number of aliphatic hydroxyl groups is 2. The summed E-state index contributed by atoms with van der Waals surface area (Å²) < 4.78 is 11.9. The standard InChI is InChI=1S/C20H14Cl2O5/c21-13-5-11-17(7-15(13)23)26-18-8-16(24)14(22)6-12(18)20(11)10-4-2-1-3-9(10)19(25)27-20/h1-8,13-16,23-24H. The van der Waals surface area contributed by atoms with E-state index in [1.54, 1.807) is 24.3 Å². The molecule has 0 amide bonds. The van der Waals surface area contributed by atoms with Gasteiger partial charge in [0.25, 0.3) is 0 Å². The largest absolute Gasteiger partial charge is 0.457 e. The number of hydrogen-bond donors (Lipinski definition) is 2. The summed E-state index contributed by atoms with van der Waals surface area (Å²) >= 11 is 12.5. The second kappa shape index (κ2) is 5.72. The Kier molecular flexibility index (Phi) is 3.62. The number of alkyl halides is 2. The van der Waals surface area contributed by atoms with Gasteiger partial charge in [0.05, 0.1) is 28.5 Å². The van der Waals surface area contributed by atoms with Gasteiger partial charge < -0.3 is 19.7 Å². The first-order chi connectivity index (χ1) is 12.9. The van der Waals surface area contributed by atoms with Gasteiger partial charge in [-0.05, 0) is 18.2 Å². The van der Waals surface area contributed by atoms with Crippen molar-refractivity contribution in [2.75, 3.05) is 0 Å². The normalized spacial score (nSPS) is 36.4. The van der Waals surface area contributed by atoms with Crippen LogP contribution in [-0.2, 0) is 15.1 Å². The van der Waals surface area contributed by atoms with Gasteiger partial charge in [-0.3, -0.25) is 0 Å². The Morgan fingerprint density at radius 1 is 0.889 bits per heavy atom. The predicted octanol–water partition coefficient (Wildman–Crippen LogP) is 2.67. The van der Waals surface area contributed by atoms with Crippen molar-refractivity contribution in [1.82, 2.24) is 0 Å². The zero-order chi connectivity index (χ0) is 18.9. The third-order valence-electron chi connectivity index (χ3n) is 5.23. The van der Waals surface area contributed by atoms with Crippen LogP contribution in [0.1, 0.15) is 15.9 Å². The van der Waals surface area contributed by atoms with E-state index in [1.165, 1.54) is 12.2 Å². The molecule has 2 heterocycles. The monoisotopic (exact) mass is 404 g/mol. The molecule has 1 saturated heterocycles. The Hall–Kier alpha value is -2.05. The quantitative estimate of drug-likeness (QED) is 0.513. The van der Waals surface area contributed by atoms with E-state index in [9.17, 15) is 15.0 Å². The summed E-state index contributed by atoms with van der Waals surface area (Å²) in [5.74, 6) is 0.211. The lowest BCUT2D eigenvalue weighted by Gasteiger charge is -2.43. The van der Waals surface area contributed by atoms with Crippen LogP contribution >= 0.6 is 23.2 Å². The molecule has 1 spiro atoms. The zero-order valence-electron chi connectivity index (χ0n) is 13.8. The summed E-state index contributed by atoms with van der Waals surface area (Å²) in [7, 11) is 0. The van der Waals surface area contributed by atoms with Gasteiger partial charge in [0.1, 0.15) is 11.5 Å². The summed E-state index contributed by atoms with van der Waals surface area (Å²) in [6.45, 7) is 0. The van der Waals surface area contributed by atoms with E-state index in [-0.39, 0.29) is 0 Å². The number of carbonyl (C=O) groups excluding carboxylic acids is 1. The second-order valence-electron chi connectivity index (χ2n) is 6.81. The zero-order valence-corrected chi connectivity index (χ0v) is 15.3. The molecule has 0 aromatic heterocycles. The Morgan fingerprint density at radius 2 is 1.44 bits per heavy atom. The number of halogens is 2. The summed E-state index contributed by atoms with van der Waals surface area (Å²) in [6, 6.07) is 7.09. The summed E-state index contributed by atoms with van der Waals surface area (Å²) in [4.78, 5) is 12.7. The molecule has 1 fully saturated rings. The van der Waals surface area contributed by atoms with Crippen molar-refractivity contribution in [2.45, 2.75) is 28.6 Å². The smallest absolute Gasteiger partial charge is 0.340 e. The molecule has 4 unspecified atom stereocenters. The molecule has 138 valence electrons. The molecule has 1 aromatic carbocycles. The van der Waals surface area contributed by atoms with Gasteiger partial charge in [0.15, 0.2) is 5.60 Å². The van der Waals surface area contributed by atoms with Crippen LogP contribution < -0.4 is 0 Å². The van der Waals surface area contributed by atoms with Crippen molar-refractivity contribution in [3.63, 3.8) is 0 Å². The van der Waals surface area contributed by atoms with E-state index in [0.717, 1.165) is 0 Å². The minimum Gasteiger partial charge on any atom is -0.457 e. The molecule has 0 saturated carbocycles. The van der Waals surface area contributed by atoms with Gasteiger partial charge in [0.2, 0.25) is 0 Å². The highest BCUT2D eigenvalue weighted by atomic mass is 35.5. The number of fused-ring (bicyclic) bond motifs is 6. The molecule has 0 bridgehead atoms. The first kappa shape index (κ1) is 17.1. The number of benzene rings is 1. The van der Waals surface area contributed by atoms with Crippen LogP contribution in [0, 0.1) is 0 Å². The van der Waals surface area contributed by atoms with Crippen LogP contribution in [0.5, 0.6) is 0 Å². The Labute approximate surface area is 164 Å². The molecule has 27 heavy (non-hydrogen) atoms. The maximum absolute atomic E-state index is 12.7. The fraction of sp³-hybridized carbons (Fsp3) is 0.250. The van der Waals surface area contributed by atoms with Crippen molar-refractivity contribution in [1.29, 1.82) is 0 Å². The highest BCUT2D eigenvalue weighted by molar-refractivity contribution is 6.23. The minimum absolute atomic E-state index is 0.340. The molecule has 1 aromatic rings. The van der Waals surface area contributed by atoms with E-state index >= 15 is 0 Å². The number of hydrogen-bond acceptors (Lipinski definition) is 5. The minimum atomic E-state index is -1.29. The third kappa shape index (κ3) is 2.23. The average Bonchev–Trinajstić information content (AvgIpc) is 2.93. The topological polar surface area (TPSA) is 76.0 Å². The van der Waals surface area contributed by atoms with Crippen molar-refractivity contribution >= 4 is 29.2 Å². The van der Waals surface area contributed by atoms with Crippen LogP contribution in [0.25, 0.3) is 0 Å². The summed E-state index contributed by atoms with van der Waals surface area (Å²) in [6.07, 6.45) is 4.36. The van der Waals surface area contributed by atoms with Gasteiger partial charge in [-0.2, -0.15) is 0 Å². The van der Waals surface area contributed by atoms with Gasteiger partial charge >= 0.3 is 5.97 Å². The number of ether oxygens (including phenoxy) is 2. The lowest BCUT2D eigenvalue weighted by Crippen LogP contribution is -2.42. The van der Waals surface area contributed by atoms with Crippen LogP contribution in [0.3, 0.4) is 0 Å². The number of rotatable bonds is 0. The second-order valence-corrected chi connectivity index (χ2v) is 7.82. The van der Waals surface area contributed by atoms with Crippen LogP contribution in [0.2, 0.25) is 0 Å². The van der Waals surface area contributed by atoms with Crippen molar-refractivity contribution in [3.8, 4) is 0 Å². The van der Waals surface area contributed by atoms with E-state index in [4.69, 9.17) is 32.7 Å². The molecule has 2 aliphatic carbocycles. The fourth-order valence-corrected chi connectivity index (χ4v) is 4.39. The van der Waals surface area contributed by atoms with Gasteiger partial charge in [0, 0.05) is 16.7 Å². The number of carbonyl (C=O) groups is 1. The Balaban J connectivity index is 1.83. The summed E-state index contributed by atoms with van der Waals surface area (Å²) in [5.41, 5.74) is 0.872. The van der Waals surface area contributed by atoms with Gasteiger partial charge in [-0.25, -0.2) is 4.79 Å². The lowest BCUT2D eigenvalue weighted by atomic mass is 9.72. The predicted molar refractivity (Wildman–Crippen MR) is 98.2 cm³/mol. The molecular formula is C20H14Cl2O5. The molecule has 7 heteroatoms. The SMILES string of the molecule is O=C1OC2(C3=CC(Cl)C(O)C=C3OC3=CC(O)C(Cl)C=C32)c2ccccc21. The first-order valence-electron chi connectivity index (χ1n) is 8.46. The molecule has 5 nitrogen and oxygen atoms in total. The number of aliphatic hydroxyl groups excluding tert-OH is 2. The van der Waals surface area contributed by atoms with E-state index in [2.05, 4.69) is 0 Å². The van der Waals surface area contributed by atoms with Gasteiger partial charge in [-0.1, -0.05) is 30.4 Å². The number of esters is 1. The fourth-order valence-electron chi connectivity index (χ4n) is 3.99. The molecule has 2 aliphatic heterocycles. The van der Waals surface area contributed by atoms with Crippen LogP contribution in [-0.4, -0.2) is 39.1 Å². The van der Waals surface area contributed by atoms with E-state index in [1.807, 2.05) is 12.1 Å². The maximum Gasteiger partial charge on any atom is 0.340 e. The molecule has 4 aliphatic rings. The van der Waals surface area contributed by atoms with Crippen molar-refractivity contribution < 1.29 is 24.5 Å². The molecule has 4 atom stereocenters. The van der Waals surface area contributed by atoms with Crippen LogP contribution in [0.4, 0.5) is 0 Å². The molecular weight excluding hydrogens is 391 g/mol. The summed E-state index contributed by atoms with van der Waals surface area (Å²) in [5, 5.41) is 18.9. The molecule has 5 rings (SSSR count). The maximum atomic E-state index is 12.7. The van der Waals surface area contributed by atoms with E-state index in [0.29, 0.717) is 33.8 Å². The van der Waals surface area contributed by atoms with Gasteiger partial charge in [-0.15, -0.1) is 23.2 Å². The average molecular weight is 405 g/mol. The third-order valence-corrected chi connectivity index (χ3v) is 6.00. The highest BCUT2D eigenvalue weighted by Gasteiger charge is 2.58. The Morgan fingerprint density at radius 3 is 2.04 bits per heavy atom. The Bertz CT molecular complexity index is 944. The van der Waals surface area contributed by atoms with Crippen LogP contribution in [0.15, 0.2) is 71.2 Å². The molecule has 2 N–H and O–H groups in total. The van der Waals surface area contributed by atoms with Crippen molar-refractivity contribution in [2.24, 2.45) is 0 Å². The van der Waals surface area contributed by atoms with E-state index < -0.39 is 34.5 Å². The highest BCUT2D eigenvalue weighted by Crippen LogP contribution is 2.57. The molecule has 0 radical (unpaired) electrons. The van der Waals surface area contributed by atoms with Crippen molar-refractivity contribution in [3.05, 3.63) is 82.4 Å². The first-order valence-corrected chi connectivity index (χ1v) is 9.33. The lowest BCUT2D eigenvalue weighted by molar-refractivity contribution is 0.0137.